The number of aromatic amines is 1. The molecule has 1 amide bonds. The van der Waals surface area contributed by atoms with Crippen LogP contribution in [-0.2, 0) is 10.8 Å². The smallest absolute Gasteiger partial charge is 0.273 e. The number of rotatable bonds is 4. The Hall–Kier alpha value is -1.24. The summed E-state index contributed by atoms with van der Waals surface area (Å²) in [4.78, 5) is 11.4. The largest absolute Gasteiger partial charge is 0.347 e. The fourth-order valence-corrected chi connectivity index (χ4v) is 1.79. The molecule has 6 nitrogen and oxygen atoms in total. The van der Waals surface area contributed by atoms with Crippen LogP contribution in [0.3, 0.4) is 0 Å². The van der Waals surface area contributed by atoms with E-state index in [0.29, 0.717) is 5.75 Å². The molecule has 1 heterocycles. The van der Waals surface area contributed by atoms with Gasteiger partial charge >= 0.3 is 0 Å². The normalized spacial score (nSPS) is 14.7. The van der Waals surface area contributed by atoms with Crippen LogP contribution in [0.2, 0.25) is 0 Å². The lowest BCUT2D eigenvalue weighted by Crippen LogP contribution is -2.36. The predicted octanol–water partition coefficient (Wildman–Crippen LogP) is -0.699. The minimum absolute atomic E-state index is 0.134. The highest BCUT2D eigenvalue weighted by Crippen LogP contribution is 1.92. The molecule has 0 saturated carbocycles. The maximum Gasteiger partial charge on any atom is 0.273 e. The summed E-state index contributed by atoms with van der Waals surface area (Å²) in [6.45, 7) is 1.79. The number of amides is 1. The van der Waals surface area contributed by atoms with E-state index in [1.807, 2.05) is 0 Å². The number of carbonyl (C=O) groups excluding carboxylic acids is 1. The van der Waals surface area contributed by atoms with E-state index in [4.69, 9.17) is 0 Å². The van der Waals surface area contributed by atoms with Crippen molar-refractivity contribution < 1.29 is 9.00 Å². The Bertz CT molecular complexity index is 324. The average molecular weight is 216 g/mol. The van der Waals surface area contributed by atoms with Crippen molar-refractivity contribution in [2.45, 2.75) is 13.0 Å². The quantitative estimate of drug-likeness (QED) is 0.696. The molecule has 78 valence electrons. The van der Waals surface area contributed by atoms with E-state index < -0.39 is 10.8 Å². The molecular weight excluding hydrogens is 204 g/mol. The van der Waals surface area contributed by atoms with Crippen molar-refractivity contribution in [1.82, 2.24) is 20.7 Å². The zero-order valence-electron chi connectivity index (χ0n) is 7.98. The molecule has 0 spiro atoms. The molecule has 0 aromatic carbocycles. The number of carbonyl (C=O) groups is 1. The molecule has 2 unspecified atom stereocenters. The third kappa shape index (κ3) is 3.25. The predicted molar refractivity (Wildman–Crippen MR) is 52.2 cm³/mol. The number of hydrogen-bond donors (Lipinski definition) is 2. The van der Waals surface area contributed by atoms with Gasteiger partial charge in [-0.1, -0.05) is 0 Å². The molecule has 0 fully saturated rings. The Balaban J connectivity index is 2.45. The maximum atomic E-state index is 11.4. The topological polar surface area (TPSA) is 87.7 Å². The van der Waals surface area contributed by atoms with Gasteiger partial charge in [0.05, 0.1) is 6.20 Å². The van der Waals surface area contributed by atoms with Gasteiger partial charge in [0.1, 0.15) is 0 Å². The molecule has 2 N–H and O–H groups in total. The van der Waals surface area contributed by atoms with E-state index >= 15 is 0 Å². The van der Waals surface area contributed by atoms with Gasteiger partial charge in [0, 0.05) is 28.9 Å². The third-order valence-electron chi connectivity index (χ3n) is 1.51. The maximum absolute atomic E-state index is 11.4. The fourth-order valence-electron chi connectivity index (χ4n) is 1.00. The summed E-state index contributed by atoms with van der Waals surface area (Å²) in [7, 11) is -0.917. The second-order valence-corrected chi connectivity index (χ2v) is 4.45. The molecule has 0 aliphatic rings. The Morgan fingerprint density at radius 1 is 1.79 bits per heavy atom. The number of hydrogen-bond acceptors (Lipinski definition) is 4. The first-order valence-corrected chi connectivity index (χ1v) is 5.79. The second kappa shape index (κ2) is 4.85. The van der Waals surface area contributed by atoms with Crippen LogP contribution in [0.5, 0.6) is 0 Å². The van der Waals surface area contributed by atoms with Crippen LogP contribution in [0.15, 0.2) is 6.20 Å². The van der Waals surface area contributed by atoms with Gasteiger partial charge in [-0.25, -0.2) is 0 Å². The van der Waals surface area contributed by atoms with E-state index in [9.17, 15) is 9.00 Å². The average Bonchev–Trinajstić information content (AvgIpc) is 2.53. The molecule has 0 bridgehead atoms. The van der Waals surface area contributed by atoms with E-state index in [0.717, 1.165) is 0 Å². The van der Waals surface area contributed by atoms with Gasteiger partial charge in [-0.3, -0.25) is 9.00 Å². The standard InChI is InChI=1S/C7H12N4O2S/c1-5(4-14(2)13)9-7(12)6-3-8-11-10-6/h3,5H,4H2,1-2H3,(H,9,12)(H,8,10,11). The molecule has 1 aromatic heterocycles. The summed E-state index contributed by atoms with van der Waals surface area (Å²) in [5, 5.41) is 12.1. The highest BCUT2D eigenvalue weighted by atomic mass is 32.2. The Morgan fingerprint density at radius 2 is 2.50 bits per heavy atom. The summed E-state index contributed by atoms with van der Waals surface area (Å²) in [6.07, 6.45) is 2.93. The Labute approximate surface area is 83.9 Å². The van der Waals surface area contributed by atoms with Gasteiger partial charge in [-0.2, -0.15) is 15.4 Å². The summed E-state index contributed by atoms with van der Waals surface area (Å²) in [5.74, 6) is 0.126. The lowest BCUT2D eigenvalue weighted by molar-refractivity contribution is 0.0938. The molecule has 7 heteroatoms. The van der Waals surface area contributed by atoms with E-state index in [1.165, 1.54) is 6.20 Å². The number of aromatic nitrogens is 3. The molecule has 0 radical (unpaired) electrons. The Morgan fingerprint density at radius 3 is 3.00 bits per heavy atom. The highest BCUT2D eigenvalue weighted by Gasteiger charge is 2.12. The van der Waals surface area contributed by atoms with E-state index in [1.54, 1.807) is 13.2 Å². The van der Waals surface area contributed by atoms with Crippen molar-refractivity contribution >= 4 is 16.7 Å². The number of nitrogens with one attached hydrogen (secondary N) is 2. The van der Waals surface area contributed by atoms with Gasteiger partial charge < -0.3 is 5.32 Å². The van der Waals surface area contributed by atoms with Crippen LogP contribution in [0.1, 0.15) is 17.4 Å². The molecule has 0 aliphatic carbocycles. The minimum Gasteiger partial charge on any atom is -0.347 e. The fraction of sp³-hybridized carbons (Fsp3) is 0.571. The van der Waals surface area contributed by atoms with Gasteiger partial charge in [0.25, 0.3) is 5.91 Å². The second-order valence-electron chi connectivity index (χ2n) is 2.97. The first kappa shape index (κ1) is 10.8. The molecular formula is C7H12N4O2S. The first-order chi connectivity index (χ1) is 6.59. The van der Waals surface area contributed by atoms with Gasteiger partial charge in [-0.05, 0) is 6.92 Å². The molecule has 0 saturated heterocycles. The van der Waals surface area contributed by atoms with Crippen molar-refractivity contribution in [3.05, 3.63) is 11.9 Å². The van der Waals surface area contributed by atoms with Gasteiger partial charge in [0.15, 0.2) is 5.69 Å². The third-order valence-corrected chi connectivity index (χ3v) is 2.48. The van der Waals surface area contributed by atoms with Crippen LogP contribution in [0.4, 0.5) is 0 Å². The summed E-state index contributed by atoms with van der Waals surface area (Å²) >= 11 is 0. The van der Waals surface area contributed by atoms with Crippen molar-refractivity contribution in [2.24, 2.45) is 0 Å². The zero-order valence-corrected chi connectivity index (χ0v) is 8.80. The minimum atomic E-state index is -0.917. The Kier molecular flexibility index (Phi) is 3.75. The van der Waals surface area contributed by atoms with Crippen LogP contribution < -0.4 is 5.32 Å². The molecule has 14 heavy (non-hydrogen) atoms. The van der Waals surface area contributed by atoms with E-state index in [2.05, 4.69) is 20.7 Å². The van der Waals surface area contributed by atoms with Crippen LogP contribution in [0, 0.1) is 0 Å². The molecule has 1 aromatic rings. The lowest BCUT2D eigenvalue weighted by atomic mass is 10.3. The molecule has 1 rings (SSSR count). The van der Waals surface area contributed by atoms with Crippen molar-refractivity contribution in [2.75, 3.05) is 12.0 Å². The SMILES string of the molecule is CC(CS(C)=O)NC(=O)c1cn[nH]n1. The monoisotopic (exact) mass is 216 g/mol. The highest BCUT2D eigenvalue weighted by molar-refractivity contribution is 7.84. The van der Waals surface area contributed by atoms with Gasteiger partial charge in [-0.15, -0.1) is 0 Å². The van der Waals surface area contributed by atoms with Gasteiger partial charge in [0.2, 0.25) is 0 Å². The van der Waals surface area contributed by atoms with Crippen molar-refractivity contribution in [3.8, 4) is 0 Å². The summed E-state index contributed by atoms with van der Waals surface area (Å²) in [5.41, 5.74) is 0.235. The van der Waals surface area contributed by atoms with E-state index in [-0.39, 0.29) is 17.6 Å². The van der Waals surface area contributed by atoms with Crippen molar-refractivity contribution in [3.63, 3.8) is 0 Å². The van der Waals surface area contributed by atoms with Crippen molar-refractivity contribution in [1.29, 1.82) is 0 Å². The lowest BCUT2D eigenvalue weighted by Gasteiger charge is -2.10. The molecule has 0 aliphatic heterocycles. The van der Waals surface area contributed by atoms with Crippen LogP contribution in [0.25, 0.3) is 0 Å². The summed E-state index contributed by atoms with van der Waals surface area (Å²) < 4.78 is 10.8. The van der Waals surface area contributed by atoms with Crippen LogP contribution in [-0.4, -0.2) is 43.6 Å². The molecule has 2 atom stereocenters. The number of H-pyrrole nitrogens is 1. The summed E-state index contributed by atoms with van der Waals surface area (Å²) in [6, 6.07) is -0.134. The zero-order chi connectivity index (χ0) is 10.6. The number of nitrogens with zero attached hydrogens (tertiary/aromatic N) is 2. The first-order valence-electron chi connectivity index (χ1n) is 4.06. The van der Waals surface area contributed by atoms with Crippen LogP contribution >= 0.6 is 0 Å².